The molecule has 0 spiro atoms. The van der Waals surface area contributed by atoms with E-state index < -0.39 is 64.4 Å². The molecule has 0 bridgehead atoms. The van der Waals surface area contributed by atoms with E-state index in [9.17, 15) is 33.9 Å². The van der Waals surface area contributed by atoms with Crippen molar-refractivity contribution in [2.75, 3.05) is 20.2 Å². The number of allylic oxidation sites excluding steroid dienone is 2. The predicted molar refractivity (Wildman–Crippen MR) is 239 cm³/mol. The second-order valence-electron chi connectivity index (χ2n) is 18.2. The number of amides is 3. The molecular weight excluding hydrogens is 818 g/mol. The minimum atomic E-state index is -1.32. The van der Waals surface area contributed by atoms with Gasteiger partial charge in [-0.05, 0) is 121 Å². The Morgan fingerprint density at radius 1 is 0.839 bits per heavy atom. The van der Waals surface area contributed by atoms with Gasteiger partial charge in [0.1, 0.15) is 23.1 Å². The van der Waals surface area contributed by atoms with Crippen molar-refractivity contribution < 1.29 is 52.8 Å². The molecule has 0 aromatic heterocycles. The summed E-state index contributed by atoms with van der Waals surface area (Å²) in [5, 5.41) is 18.0. The smallest absolute Gasteiger partial charge is 0.407 e. The predicted octanol–water partition coefficient (Wildman–Crippen LogP) is 7.95. The van der Waals surface area contributed by atoms with Gasteiger partial charge in [-0.15, -0.1) is 0 Å². The average Bonchev–Trinajstić information content (AvgIpc) is 3.17. The van der Waals surface area contributed by atoms with E-state index in [1.807, 2.05) is 32.1 Å². The van der Waals surface area contributed by atoms with Gasteiger partial charge in [-0.25, -0.2) is 9.59 Å². The van der Waals surface area contributed by atoms with Crippen LogP contribution in [0.3, 0.4) is 0 Å². The summed E-state index contributed by atoms with van der Waals surface area (Å²) < 4.78 is 21.4. The van der Waals surface area contributed by atoms with Gasteiger partial charge in [0.05, 0.1) is 23.0 Å². The zero-order valence-electron chi connectivity index (χ0n) is 38.2. The van der Waals surface area contributed by atoms with Crippen molar-refractivity contribution in [2.24, 2.45) is 28.6 Å². The van der Waals surface area contributed by atoms with Gasteiger partial charge >= 0.3 is 24.0 Å². The van der Waals surface area contributed by atoms with Gasteiger partial charge in [-0.3, -0.25) is 19.2 Å². The van der Waals surface area contributed by atoms with Gasteiger partial charge in [0.15, 0.2) is 6.10 Å². The van der Waals surface area contributed by atoms with Crippen LogP contribution in [0.5, 0.6) is 11.5 Å². The van der Waals surface area contributed by atoms with Crippen LogP contribution in [-0.2, 0) is 39.9 Å². The molecule has 2 aromatic carbocycles. The summed E-state index contributed by atoms with van der Waals surface area (Å²) in [5.41, 5.74) is -1.40. The van der Waals surface area contributed by atoms with Gasteiger partial charge in [0, 0.05) is 19.5 Å². The number of methoxy groups -OCH3 is 1. The number of carboxylic acid groups (broad SMARTS) is 1. The Morgan fingerprint density at radius 2 is 1.45 bits per heavy atom. The van der Waals surface area contributed by atoms with Crippen LogP contribution in [0.15, 0.2) is 60.7 Å². The fourth-order valence-electron chi connectivity index (χ4n) is 5.55. The number of hydrogen-bond donors (Lipinski definition) is 4. The number of carboxylic acids is 1. The molecule has 4 atom stereocenters. The summed E-state index contributed by atoms with van der Waals surface area (Å²) in [6.07, 6.45) is 5.97. The SMILES string of the molecule is COc1ccc(CC(NC(=O)/C=C/C[C@@H](C)[C@H](C)/C=C/c2ccc(OC(=O)C(C)(C)CNC(=O)OC(C)(C)C)cc2)C(=O)NCC(C)(C)C(=O)O[C@@H](CC(C)C)C(=O)O)cc1Cl. The van der Waals surface area contributed by atoms with Crippen molar-refractivity contribution in [3.63, 3.8) is 0 Å². The monoisotopic (exact) mass is 883 g/mol. The summed E-state index contributed by atoms with van der Waals surface area (Å²) in [7, 11) is 1.48. The van der Waals surface area contributed by atoms with E-state index in [4.69, 9.17) is 30.5 Å². The number of halogens is 1. The number of nitrogens with one attached hydrogen (secondary N) is 3. The Bertz CT molecular complexity index is 1920. The fourth-order valence-corrected chi connectivity index (χ4v) is 5.83. The average molecular weight is 885 g/mol. The van der Waals surface area contributed by atoms with E-state index in [-0.39, 0.29) is 43.7 Å². The van der Waals surface area contributed by atoms with Gasteiger partial charge < -0.3 is 40.0 Å². The molecule has 3 amide bonds. The van der Waals surface area contributed by atoms with Crippen LogP contribution >= 0.6 is 11.6 Å². The van der Waals surface area contributed by atoms with Crippen molar-refractivity contribution in [1.82, 2.24) is 16.0 Å². The quantitative estimate of drug-likeness (QED) is 0.0509. The lowest BCUT2D eigenvalue weighted by Gasteiger charge is -2.27. The van der Waals surface area contributed by atoms with Crippen LogP contribution in [0.4, 0.5) is 4.79 Å². The zero-order chi connectivity index (χ0) is 47.0. The third kappa shape index (κ3) is 18.7. The molecule has 0 heterocycles. The number of aliphatic carboxylic acids is 1. The van der Waals surface area contributed by atoms with Crippen molar-refractivity contribution >= 4 is 53.5 Å². The van der Waals surface area contributed by atoms with E-state index in [1.54, 1.807) is 71.0 Å². The summed E-state index contributed by atoms with van der Waals surface area (Å²) in [4.78, 5) is 76.4. The molecule has 2 aromatic rings. The second kappa shape index (κ2) is 23.7. The minimum Gasteiger partial charge on any atom is -0.495 e. The Morgan fingerprint density at radius 3 is 2.02 bits per heavy atom. The van der Waals surface area contributed by atoms with Gasteiger partial charge in [0.25, 0.3) is 0 Å². The number of esters is 2. The third-order valence-electron chi connectivity index (χ3n) is 9.74. The van der Waals surface area contributed by atoms with E-state index in [0.29, 0.717) is 28.5 Å². The Labute approximate surface area is 371 Å². The Hall–Kier alpha value is -5.37. The first-order chi connectivity index (χ1) is 28.7. The van der Waals surface area contributed by atoms with Crippen LogP contribution in [-0.4, -0.2) is 78.9 Å². The van der Waals surface area contributed by atoms with Crippen LogP contribution in [0.1, 0.15) is 100 Å². The fraction of sp³-hybridized carbons (Fsp3) is 0.532. The largest absolute Gasteiger partial charge is 0.495 e. The Balaban J connectivity index is 2.03. The molecular formula is C47H66ClN3O11. The lowest BCUT2D eigenvalue weighted by Crippen LogP contribution is -2.51. The first-order valence-electron chi connectivity index (χ1n) is 20.7. The number of hydrogen-bond acceptors (Lipinski definition) is 10. The lowest BCUT2D eigenvalue weighted by molar-refractivity contribution is -0.171. The summed E-state index contributed by atoms with van der Waals surface area (Å²) >= 11 is 6.34. The highest BCUT2D eigenvalue weighted by Gasteiger charge is 2.35. The standard InChI is InChI=1S/C47H66ClN3O11/c1-29(2)24-38(41(54)55)61-43(57)46(8,9)27-49-40(53)36(26-33-20-23-37(59-12)35(48)25-33)51-39(52)15-13-14-30(3)31(4)16-17-32-18-21-34(22-19-32)60-42(56)47(10,11)28-50-44(58)62-45(5,6)7/h13,15-23,25,29-31,36,38H,14,24,26-28H2,1-12H3,(H,49,53)(H,50,58)(H,51,52)(H,54,55)/b15-13+,17-16+/t30-,31-,36?,38+/m1/s1. The van der Waals surface area contributed by atoms with Crippen LogP contribution in [0.25, 0.3) is 6.08 Å². The van der Waals surface area contributed by atoms with Crippen molar-refractivity contribution in [2.45, 2.75) is 113 Å². The highest BCUT2D eigenvalue weighted by atomic mass is 35.5. The van der Waals surface area contributed by atoms with E-state index in [1.165, 1.54) is 27.0 Å². The molecule has 0 saturated carbocycles. The maximum Gasteiger partial charge on any atom is 0.407 e. The number of carbonyl (C=O) groups excluding carboxylic acids is 5. The number of alkyl carbamates (subject to hydrolysis) is 1. The van der Waals surface area contributed by atoms with Crippen LogP contribution < -0.4 is 25.4 Å². The second-order valence-corrected chi connectivity index (χ2v) is 18.6. The molecule has 0 aliphatic carbocycles. The summed E-state index contributed by atoms with van der Waals surface area (Å²) in [6.45, 7) is 19.3. The maximum absolute atomic E-state index is 13.6. The number of benzene rings is 2. The highest BCUT2D eigenvalue weighted by Crippen LogP contribution is 2.26. The first kappa shape index (κ1) is 52.8. The molecule has 15 heteroatoms. The minimum absolute atomic E-state index is 0.0267. The molecule has 0 fully saturated rings. The van der Waals surface area contributed by atoms with Crippen LogP contribution in [0, 0.1) is 28.6 Å². The molecule has 0 saturated heterocycles. The molecule has 14 nitrogen and oxygen atoms in total. The molecule has 0 aliphatic heterocycles. The van der Waals surface area contributed by atoms with Gasteiger partial charge in [-0.1, -0.05) is 75.7 Å². The van der Waals surface area contributed by atoms with Crippen molar-refractivity contribution in [3.05, 3.63) is 76.8 Å². The van der Waals surface area contributed by atoms with Crippen molar-refractivity contribution in [3.8, 4) is 11.5 Å². The topological polar surface area (TPSA) is 196 Å². The highest BCUT2D eigenvalue weighted by molar-refractivity contribution is 6.32. The Kier molecular flexibility index (Phi) is 20.2. The molecule has 2 rings (SSSR count). The summed E-state index contributed by atoms with van der Waals surface area (Å²) in [6, 6.07) is 11.0. The summed E-state index contributed by atoms with van der Waals surface area (Å²) in [5.74, 6) is -2.56. The first-order valence-corrected chi connectivity index (χ1v) is 21.1. The van der Waals surface area contributed by atoms with Crippen LogP contribution in [0.2, 0.25) is 5.02 Å². The van der Waals surface area contributed by atoms with Gasteiger partial charge in [-0.2, -0.15) is 0 Å². The van der Waals surface area contributed by atoms with E-state index in [0.717, 1.165) is 5.56 Å². The zero-order valence-corrected chi connectivity index (χ0v) is 38.9. The number of rotatable bonds is 22. The molecule has 342 valence electrons. The van der Waals surface area contributed by atoms with E-state index in [2.05, 4.69) is 35.9 Å². The number of ether oxygens (including phenoxy) is 4. The normalized spacial score (nSPS) is 14.1. The van der Waals surface area contributed by atoms with Crippen molar-refractivity contribution in [1.29, 1.82) is 0 Å². The molecule has 0 radical (unpaired) electrons. The number of carbonyl (C=O) groups is 6. The van der Waals surface area contributed by atoms with E-state index >= 15 is 0 Å². The molecule has 1 unspecified atom stereocenters. The molecule has 62 heavy (non-hydrogen) atoms. The molecule has 0 aliphatic rings. The molecule has 4 N–H and O–H groups in total. The third-order valence-corrected chi connectivity index (χ3v) is 10.0. The maximum atomic E-state index is 13.6. The lowest BCUT2D eigenvalue weighted by atomic mass is 9.92. The van der Waals surface area contributed by atoms with Gasteiger partial charge in [0.2, 0.25) is 11.8 Å².